The van der Waals surface area contributed by atoms with Gasteiger partial charge < -0.3 is 14.5 Å². The molecule has 1 fully saturated rings. The van der Waals surface area contributed by atoms with E-state index in [2.05, 4.69) is 35.0 Å². The topological polar surface area (TPSA) is 92.4 Å². The normalized spacial score (nSPS) is 20.6. The average Bonchev–Trinajstić information content (AvgIpc) is 3.45. The van der Waals surface area contributed by atoms with E-state index in [4.69, 9.17) is 4.52 Å². The zero-order valence-corrected chi connectivity index (χ0v) is 17.1. The molecule has 0 unspecified atom stereocenters. The molecule has 0 saturated carbocycles. The number of β-amino-alcohol motifs (C(OH)–C–C–N with tert-alkyl or cyclic N) is 1. The molecule has 1 aromatic carbocycles. The third-order valence-corrected chi connectivity index (χ3v) is 7.11. The second-order valence-electron chi connectivity index (χ2n) is 7.94. The molecular formula is C21H22N4O3S. The highest BCUT2D eigenvalue weighted by Crippen LogP contribution is 2.49. The quantitative estimate of drug-likeness (QED) is 0.693. The monoisotopic (exact) mass is 410 g/mol. The van der Waals surface area contributed by atoms with Crippen molar-refractivity contribution < 1.29 is 14.4 Å². The van der Waals surface area contributed by atoms with Gasteiger partial charge in [0.25, 0.3) is 5.89 Å². The Hall–Kier alpha value is -2.58. The summed E-state index contributed by atoms with van der Waals surface area (Å²) < 4.78 is 5.52. The maximum absolute atomic E-state index is 12.3. The van der Waals surface area contributed by atoms with Gasteiger partial charge in [-0.3, -0.25) is 4.79 Å². The highest BCUT2D eigenvalue weighted by molar-refractivity contribution is 7.15. The minimum Gasteiger partial charge on any atom is -0.395 e. The van der Waals surface area contributed by atoms with E-state index in [1.54, 1.807) is 11.3 Å². The molecule has 2 aliphatic rings. The Morgan fingerprint density at radius 2 is 2.21 bits per heavy atom. The number of aliphatic hydroxyl groups excluding tert-OH is 1. The number of likely N-dealkylation sites (tertiary alicyclic amines) is 1. The van der Waals surface area contributed by atoms with Crippen LogP contribution in [0, 0.1) is 5.92 Å². The van der Waals surface area contributed by atoms with E-state index in [0.29, 0.717) is 30.6 Å². The number of carbonyl (C=O) groups is 1. The average molecular weight is 410 g/mol. The van der Waals surface area contributed by atoms with Crippen LogP contribution in [0.15, 0.2) is 28.9 Å². The number of aromatic nitrogens is 3. The van der Waals surface area contributed by atoms with Crippen LogP contribution in [0.1, 0.15) is 48.2 Å². The van der Waals surface area contributed by atoms with Crippen molar-refractivity contribution in [3.05, 3.63) is 40.4 Å². The largest absolute Gasteiger partial charge is 0.395 e. The number of aliphatic hydroxyl groups is 1. The third kappa shape index (κ3) is 2.98. The van der Waals surface area contributed by atoms with Gasteiger partial charge in [-0.1, -0.05) is 37.2 Å². The first-order valence-corrected chi connectivity index (χ1v) is 10.7. The van der Waals surface area contributed by atoms with Crippen LogP contribution < -0.4 is 0 Å². The number of hydrogen-bond donors (Lipinski definition) is 1. The predicted octanol–water partition coefficient (Wildman–Crippen LogP) is 3.42. The van der Waals surface area contributed by atoms with Gasteiger partial charge in [0, 0.05) is 29.6 Å². The van der Waals surface area contributed by atoms with Gasteiger partial charge in [0.15, 0.2) is 5.01 Å². The summed E-state index contributed by atoms with van der Waals surface area (Å²) in [4.78, 5) is 24.4. The zero-order chi connectivity index (χ0) is 20.1. The lowest BCUT2D eigenvalue weighted by atomic mass is 10.0. The molecule has 2 atom stereocenters. The van der Waals surface area contributed by atoms with E-state index in [1.807, 2.05) is 23.2 Å². The number of benzene rings is 1. The van der Waals surface area contributed by atoms with Crippen molar-refractivity contribution in [2.75, 3.05) is 13.2 Å². The van der Waals surface area contributed by atoms with Crippen LogP contribution in [-0.2, 0) is 11.2 Å². The van der Waals surface area contributed by atoms with Crippen LogP contribution in [0.4, 0.5) is 0 Å². The van der Waals surface area contributed by atoms with Crippen LogP contribution in [0.3, 0.4) is 0 Å². The number of hydrogen-bond acceptors (Lipinski definition) is 7. The van der Waals surface area contributed by atoms with Crippen molar-refractivity contribution in [2.45, 2.75) is 38.6 Å². The summed E-state index contributed by atoms with van der Waals surface area (Å²) in [7, 11) is 0. The van der Waals surface area contributed by atoms with Gasteiger partial charge in [-0.2, -0.15) is 4.98 Å². The minimum absolute atomic E-state index is 0.0234. The van der Waals surface area contributed by atoms with Crippen molar-refractivity contribution in [1.29, 1.82) is 0 Å². The molecule has 0 radical (unpaired) electrons. The van der Waals surface area contributed by atoms with Crippen molar-refractivity contribution in [1.82, 2.24) is 20.0 Å². The molecule has 0 bridgehead atoms. The first-order chi connectivity index (χ1) is 14.1. The smallest absolute Gasteiger partial charge is 0.287 e. The standard InChI is InChI=1S/C21H22N4O3S/c1-11(2)16-10-22-21(29-16)20-23-19(24-28-20)14-5-3-4-13-15(14)8-12-9-17(27)25(6-7-26)18(12)13/h3-5,10-12,18,26H,6-9H2,1-2H3/t12-,18+/m1/s1. The molecule has 1 amide bonds. The SMILES string of the molecule is CC(C)c1cnc(-c2nc(-c3cccc4c3C[C@@H]3CC(=O)N(CCO)[C@H]43)no2)s1. The van der Waals surface area contributed by atoms with Gasteiger partial charge in [0.05, 0.1) is 12.6 Å². The summed E-state index contributed by atoms with van der Waals surface area (Å²) in [5.41, 5.74) is 3.26. The van der Waals surface area contributed by atoms with E-state index < -0.39 is 0 Å². The lowest BCUT2D eigenvalue weighted by Crippen LogP contribution is -2.30. The van der Waals surface area contributed by atoms with E-state index >= 15 is 0 Å². The van der Waals surface area contributed by atoms with Gasteiger partial charge in [0.2, 0.25) is 11.7 Å². The number of rotatable bonds is 5. The van der Waals surface area contributed by atoms with Gasteiger partial charge in [-0.15, -0.1) is 11.3 Å². The van der Waals surface area contributed by atoms with Crippen molar-refractivity contribution in [3.8, 4) is 22.3 Å². The second kappa shape index (κ2) is 7.03. The fraction of sp³-hybridized carbons (Fsp3) is 0.429. The molecule has 2 aromatic heterocycles. The van der Waals surface area contributed by atoms with Crippen molar-refractivity contribution in [2.24, 2.45) is 5.92 Å². The molecule has 5 rings (SSSR count). The first-order valence-electron chi connectivity index (χ1n) is 9.89. The zero-order valence-electron chi connectivity index (χ0n) is 16.3. The van der Waals surface area contributed by atoms with Crippen LogP contribution in [-0.4, -0.2) is 44.2 Å². The summed E-state index contributed by atoms with van der Waals surface area (Å²) in [6, 6.07) is 6.09. The maximum Gasteiger partial charge on any atom is 0.287 e. The van der Waals surface area contributed by atoms with Gasteiger partial charge in [-0.25, -0.2) is 4.98 Å². The van der Waals surface area contributed by atoms with E-state index in [9.17, 15) is 9.90 Å². The highest BCUT2D eigenvalue weighted by atomic mass is 32.1. The number of carbonyl (C=O) groups excluding carboxylic acids is 1. The van der Waals surface area contributed by atoms with Gasteiger partial charge >= 0.3 is 0 Å². The van der Waals surface area contributed by atoms with Crippen LogP contribution in [0.2, 0.25) is 0 Å². The second-order valence-corrected chi connectivity index (χ2v) is 9.01. The lowest BCUT2D eigenvalue weighted by Gasteiger charge is -2.24. The molecule has 150 valence electrons. The Balaban J connectivity index is 1.49. The summed E-state index contributed by atoms with van der Waals surface area (Å²) in [5.74, 6) is 1.76. The van der Waals surface area contributed by atoms with E-state index in [1.165, 1.54) is 10.4 Å². The molecule has 1 saturated heterocycles. The number of thiazole rings is 1. The first kappa shape index (κ1) is 18.4. The third-order valence-electron chi connectivity index (χ3n) is 5.82. The number of amides is 1. The lowest BCUT2D eigenvalue weighted by molar-refractivity contribution is -0.129. The molecular weight excluding hydrogens is 388 g/mol. The molecule has 3 aromatic rings. The molecule has 1 aliphatic heterocycles. The van der Waals surface area contributed by atoms with Crippen LogP contribution in [0.25, 0.3) is 22.3 Å². The van der Waals surface area contributed by atoms with E-state index in [0.717, 1.165) is 22.6 Å². The number of nitrogens with zero attached hydrogens (tertiary/aromatic N) is 4. The molecule has 3 heterocycles. The summed E-state index contributed by atoms with van der Waals surface area (Å²) in [5, 5.41) is 14.3. The summed E-state index contributed by atoms with van der Waals surface area (Å²) >= 11 is 1.57. The maximum atomic E-state index is 12.3. The molecule has 1 N–H and O–H groups in total. The summed E-state index contributed by atoms with van der Waals surface area (Å²) in [6.45, 7) is 4.61. The Bertz CT molecular complexity index is 1070. The van der Waals surface area contributed by atoms with Gasteiger partial charge in [0.1, 0.15) is 0 Å². The minimum atomic E-state index is -0.0234. The molecule has 0 spiro atoms. The summed E-state index contributed by atoms with van der Waals surface area (Å²) in [6.07, 6.45) is 3.19. The van der Waals surface area contributed by atoms with E-state index in [-0.39, 0.29) is 24.5 Å². The Kier molecular flexibility index (Phi) is 4.48. The Morgan fingerprint density at radius 1 is 1.34 bits per heavy atom. The van der Waals surface area contributed by atoms with Gasteiger partial charge in [-0.05, 0) is 29.4 Å². The fourth-order valence-electron chi connectivity index (χ4n) is 4.49. The van der Waals surface area contributed by atoms with Crippen molar-refractivity contribution >= 4 is 17.2 Å². The molecule has 8 heteroatoms. The van der Waals surface area contributed by atoms with Crippen LogP contribution >= 0.6 is 11.3 Å². The molecule has 1 aliphatic carbocycles. The molecule has 29 heavy (non-hydrogen) atoms. The molecule has 7 nitrogen and oxygen atoms in total. The van der Waals surface area contributed by atoms with Crippen LogP contribution in [0.5, 0.6) is 0 Å². The van der Waals surface area contributed by atoms with Crippen molar-refractivity contribution in [3.63, 3.8) is 0 Å². The number of fused-ring (bicyclic) bond motifs is 3. The Morgan fingerprint density at radius 3 is 2.97 bits per heavy atom. The predicted molar refractivity (Wildman–Crippen MR) is 108 cm³/mol. The Labute approximate surface area is 172 Å². The fourth-order valence-corrected chi connectivity index (χ4v) is 5.33. The highest BCUT2D eigenvalue weighted by Gasteiger charge is 2.46.